The molecule has 2 nitrogen and oxygen atoms in total. The summed E-state index contributed by atoms with van der Waals surface area (Å²) in [5.41, 5.74) is 0.154. The standard InChI is InChI=1S/C10H6F3NOS/c11-7-1-5(2-8(12)9(7)13)10-14-3-6(4-15)16-10/h1-3,15H,4H2. The molecule has 2 rings (SSSR count). The van der Waals surface area contributed by atoms with Crippen molar-refractivity contribution in [1.29, 1.82) is 0 Å². The Kier molecular flexibility index (Phi) is 2.93. The fourth-order valence-electron chi connectivity index (χ4n) is 1.19. The SMILES string of the molecule is OCc1cnc(-c2cc(F)c(F)c(F)c2)s1. The fraction of sp³-hybridized carbons (Fsp3) is 0.100. The number of rotatable bonds is 2. The van der Waals surface area contributed by atoms with Crippen molar-refractivity contribution >= 4 is 11.3 Å². The molecule has 0 aliphatic heterocycles. The van der Waals surface area contributed by atoms with Crippen molar-refractivity contribution < 1.29 is 18.3 Å². The van der Waals surface area contributed by atoms with Gasteiger partial charge in [-0.3, -0.25) is 0 Å². The zero-order chi connectivity index (χ0) is 11.7. The van der Waals surface area contributed by atoms with Gasteiger partial charge in [-0.05, 0) is 12.1 Å². The van der Waals surface area contributed by atoms with E-state index >= 15 is 0 Å². The predicted octanol–water partition coefficient (Wildman–Crippen LogP) is 2.72. The van der Waals surface area contributed by atoms with Crippen molar-refractivity contribution in [2.45, 2.75) is 6.61 Å². The second-order valence-electron chi connectivity index (χ2n) is 3.04. The van der Waals surface area contributed by atoms with E-state index in [-0.39, 0.29) is 12.2 Å². The van der Waals surface area contributed by atoms with E-state index in [0.29, 0.717) is 9.88 Å². The monoisotopic (exact) mass is 245 g/mol. The molecule has 0 spiro atoms. The van der Waals surface area contributed by atoms with Gasteiger partial charge in [-0.25, -0.2) is 18.2 Å². The van der Waals surface area contributed by atoms with Gasteiger partial charge in [-0.2, -0.15) is 0 Å². The van der Waals surface area contributed by atoms with Gasteiger partial charge in [0.1, 0.15) is 5.01 Å². The topological polar surface area (TPSA) is 33.1 Å². The van der Waals surface area contributed by atoms with E-state index < -0.39 is 17.5 Å². The summed E-state index contributed by atoms with van der Waals surface area (Å²) in [5, 5.41) is 9.15. The van der Waals surface area contributed by atoms with Crippen LogP contribution in [0.25, 0.3) is 10.6 Å². The van der Waals surface area contributed by atoms with E-state index in [1.165, 1.54) is 6.20 Å². The molecule has 0 bridgehead atoms. The number of hydrogen-bond acceptors (Lipinski definition) is 3. The smallest absolute Gasteiger partial charge is 0.194 e. The average Bonchev–Trinajstić information content (AvgIpc) is 2.73. The number of thiazole rings is 1. The Hall–Kier alpha value is -1.40. The summed E-state index contributed by atoms with van der Waals surface area (Å²) in [7, 11) is 0. The van der Waals surface area contributed by atoms with Crippen LogP contribution in [-0.2, 0) is 6.61 Å². The van der Waals surface area contributed by atoms with Crippen molar-refractivity contribution in [3.63, 3.8) is 0 Å². The van der Waals surface area contributed by atoms with Crippen LogP contribution in [0.3, 0.4) is 0 Å². The third-order valence-corrected chi connectivity index (χ3v) is 2.97. The second kappa shape index (κ2) is 4.23. The highest BCUT2D eigenvalue weighted by Gasteiger charge is 2.13. The molecule has 84 valence electrons. The molecule has 0 unspecified atom stereocenters. The first kappa shape index (κ1) is 11.1. The van der Waals surface area contributed by atoms with Crippen LogP contribution < -0.4 is 0 Å². The molecule has 0 saturated heterocycles. The Morgan fingerprint density at radius 3 is 2.31 bits per heavy atom. The minimum Gasteiger partial charge on any atom is -0.391 e. The quantitative estimate of drug-likeness (QED) is 0.825. The Labute approximate surface area is 93.0 Å². The molecule has 0 aliphatic rings. The van der Waals surface area contributed by atoms with E-state index in [9.17, 15) is 13.2 Å². The first-order chi connectivity index (χ1) is 7.61. The third-order valence-electron chi connectivity index (χ3n) is 1.94. The highest BCUT2D eigenvalue weighted by molar-refractivity contribution is 7.15. The largest absolute Gasteiger partial charge is 0.391 e. The lowest BCUT2D eigenvalue weighted by molar-refractivity contribution is 0.285. The highest BCUT2D eigenvalue weighted by atomic mass is 32.1. The molecule has 0 saturated carbocycles. The number of hydrogen-bond donors (Lipinski definition) is 1. The first-order valence-corrected chi connectivity index (χ1v) is 5.14. The van der Waals surface area contributed by atoms with Gasteiger partial charge in [0.05, 0.1) is 11.5 Å². The lowest BCUT2D eigenvalue weighted by Gasteiger charge is -1.99. The van der Waals surface area contributed by atoms with Crippen LogP contribution in [-0.4, -0.2) is 10.1 Å². The Balaban J connectivity index is 2.48. The number of aromatic nitrogens is 1. The maximum absolute atomic E-state index is 12.9. The Bertz CT molecular complexity index is 504. The zero-order valence-corrected chi connectivity index (χ0v) is 8.69. The van der Waals surface area contributed by atoms with E-state index in [1.54, 1.807) is 0 Å². The minimum atomic E-state index is -1.50. The van der Waals surface area contributed by atoms with Gasteiger partial charge in [0.25, 0.3) is 0 Å². The average molecular weight is 245 g/mol. The summed E-state index contributed by atoms with van der Waals surface area (Å²) in [4.78, 5) is 4.44. The Morgan fingerprint density at radius 1 is 1.19 bits per heavy atom. The summed E-state index contributed by atoms with van der Waals surface area (Å²) in [5.74, 6) is -4.01. The van der Waals surface area contributed by atoms with Crippen LogP contribution in [0.5, 0.6) is 0 Å². The maximum atomic E-state index is 12.9. The van der Waals surface area contributed by atoms with Crippen molar-refractivity contribution in [3.8, 4) is 10.6 Å². The van der Waals surface area contributed by atoms with Gasteiger partial charge >= 0.3 is 0 Å². The van der Waals surface area contributed by atoms with Crippen LogP contribution in [0.15, 0.2) is 18.3 Å². The molecule has 1 N–H and O–H groups in total. The van der Waals surface area contributed by atoms with Crippen LogP contribution >= 0.6 is 11.3 Å². The third kappa shape index (κ3) is 1.94. The van der Waals surface area contributed by atoms with E-state index in [2.05, 4.69) is 4.98 Å². The van der Waals surface area contributed by atoms with E-state index in [0.717, 1.165) is 23.5 Å². The molecule has 16 heavy (non-hydrogen) atoms. The lowest BCUT2D eigenvalue weighted by atomic mass is 10.2. The molecule has 6 heteroatoms. The summed E-state index contributed by atoms with van der Waals surface area (Å²) in [6, 6.07) is 1.75. The summed E-state index contributed by atoms with van der Waals surface area (Å²) in [6.45, 7) is -0.191. The van der Waals surface area contributed by atoms with Crippen molar-refractivity contribution in [1.82, 2.24) is 4.98 Å². The summed E-state index contributed by atoms with van der Waals surface area (Å²) >= 11 is 1.09. The molecule has 2 aromatic rings. The minimum absolute atomic E-state index is 0.154. The number of aliphatic hydroxyl groups is 1. The number of halogens is 3. The van der Waals surface area contributed by atoms with Crippen molar-refractivity contribution in [2.24, 2.45) is 0 Å². The van der Waals surface area contributed by atoms with Crippen LogP contribution in [0.4, 0.5) is 13.2 Å². The van der Waals surface area contributed by atoms with Gasteiger partial charge in [-0.1, -0.05) is 0 Å². The Morgan fingerprint density at radius 2 is 1.81 bits per heavy atom. The normalized spacial score (nSPS) is 10.8. The number of benzene rings is 1. The maximum Gasteiger partial charge on any atom is 0.194 e. The molecule has 0 amide bonds. The second-order valence-corrected chi connectivity index (χ2v) is 4.16. The van der Waals surface area contributed by atoms with Gasteiger partial charge in [0, 0.05) is 11.8 Å². The first-order valence-electron chi connectivity index (χ1n) is 4.32. The molecule has 0 radical (unpaired) electrons. The van der Waals surface area contributed by atoms with Gasteiger partial charge in [0.15, 0.2) is 17.5 Å². The molecule has 1 aromatic carbocycles. The summed E-state index contributed by atoms with van der Waals surface area (Å²) < 4.78 is 38.5. The van der Waals surface area contributed by atoms with Crippen LogP contribution in [0.2, 0.25) is 0 Å². The van der Waals surface area contributed by atoms with Crippen LogP contribution in [0.1, 0.15) is 4.88 Å². The number of aliphatic hydroxyl groups excluding tert-OH is 1. The number of nitrogens with zero attached hydrogens (tertiary/aromatic N) is 1. The molecular formula is C10H6F3NOS. The van der Waals surface area contributed by atoms with E-state index in [1.807, 2.05) is 0 Å². The van der Waals surface area contributed by atoms with Crippen LogP contribution in [0, 0.1) is 17.5 Å². The predicted molar refractivity (Wildman–Crippen MR) is 53.3 cm³/mol. The molecule has 1 aromatic heterocycles. The molecular weight excluding hydrogens is 239 g/mol. The lowest BCUT2D eigenvalue weighted by Crippen LogP contribution is -1.91. The fourth-order valence-corrected chi connectivity index (χ4v) is 1.95. The van der Waals surface area contributed by atoms with Crippen molar-refractivity contribution in [3.05, 3.63) is 40.7 Å². The highest BCUT2D eigenvalue weighted by Crippen LogP contribution is 2.27. The zero-order valence-electron chi connectivity index (χ0n) is 7.88. The van der Waals surface area contributed by atoms with E-state index in [4.69, 9.17) is 5.11 Å². The molecule has 0 atom stereocenters. The summed E-state index contributed by atoms with van der Waals surface area (Å²) in [6.07, 6.45) is 1.40. The van der Waals surface area contributed by atoms with Gasteiger partial charge in [0.2, 0.25) is 0 Å². The van der Waals surface area contributed by atoms with Gasteiger partial charge < -0.3 is 5.11 Å². The van der Waals surface area contributed by atoms with Crippen molar-refractivity contribution in [2.75, 3.05) is 0 Å². The molecule has 0 fully saturated rings. The molecule has 1 heterocycles. The molecule has 0 aliphatic carbocycles. The van der Waals surface area contributed by atoms with Gasteiger partial charge in [-0.15, -0.1) is 11.3 Å².